The highest BCUT2D eigenvalue weighted by Crippen LogP contribution is 2.22. The minimum atomic E-state index is -0.351. The summed E-state index contributed by atoms with van der Waals surface area (Å²) in [6.45, 7) is 3.96. The maximum Gasteiger partial charge on any atom is 0.289 e. The van der Waals surface area contributed by atoms with Gasteiger partial charge in [-0.25, -0.2) is 5.43 Å². The van der Waals surface area contributed by atoms with Crippen LogP contribution in [0.2, 0.25) is 0 Å². The van der Waals surface area contributed by atoms with E-state index in [0.717, 1.165) is 16.9 Å². The van der Waals surface area contributed by atoms with Crippen LogP contribution < -0.4 is 10.2 Å². The smallest absolute Gasteiger partial charge is 0.289 e. The summed E-state index contributed by atoms with van der Waals surface area (Å²) in [6.07, 6.45) is 1.71. The average Bonchev–Trinajstić information content (AvgIpc) is 3.13. The van der Waals surface area contributed by atoms with Crippen molar-refractivity contribution in [1.29, 1.82) is 0 Å². The first kappa shape index (κ1) is 17.4. The molecular weight excluding hydrogens is 328 g/mol. The fourth-order valence-corrected chi connectivity index (χ4v) is 2.33. The van der Waals surface area contributed by atoms with Gasteiger partial charge in [-0.3, -0.25) is 9.89 Å². The summed E-state index contributed by atoms with van der Waals surface area (Å²) in [5.74, 6) is 0.447. The van der Waals surface area contributed by atoms with Gasteiger partial charge in [0.2, 0.25) is 0 Å². The third-order valence-electron chi connectivity index (χ3n) is 3.52. The molecule has 0 aliphatic rings. The highest BCUT2D eigenvalue weighted by Gasteiger charge is 2.10. The first-order valence-electron chi connectivity index (χ1n) is 8.33. The third kappa shape index (κ3) is 4.57. The van der Waals surface area contributed by atoms with Gasteiger partial charge in [0.1, 0.15) is 11.4 Å². The van der Waals surface area contributed by atoms with Crippen LogP contribution in [0.4, 0.5) is 0 Å². The van der Waals surface area contributed by atoms with Gasteiger partial charge in [0.05, 0.1) is 18.0 Å². The van der Waals surface area contributed by atoms with Crippen LogP contribution >= 0.6 is 0 Å². The van der Waals surface area contributed by atoms with E-state index in [1.807, 2.05) is 68.4 Å². The van der Waals surface area contributed by atoms with Crippen molar-refractivity contribution >= 4 is 12.1 Å². The molecule has 26 heavy (non-hydrogen) atoms. The number of carbonyl (C=O) groups is 1. The van der Waals surface area contributed by atoms with Gasteiger partial charge in [0.25, 0.3) is 5.91 Å². The molecule has 3 aromatic rings. The molecule has 1 heterocycles. The normalized spacial score (nSPS) is 11.0. The summed E-state index contributed by atoms with van der Waals surface area (Å²) in [5.41, 5.74) is 5.30. The second-order valence-corrected chi connectivity index (χ2v) is 5.97. The molecule has 0 spiro atoms. The molecule has 0 saturated carbocycles. The maximum absolute atomic E-state index is 12.1. The Balaban J connectivity index is 1.63. The molecule has 2 N–H and O–H groups in total. The van der Waals surface area contributed by atoms with E-state index in [1.54, 1.807) is 12.3 Å². The number of aromatic nitrogens is 2. The van der Waals surface area contributed by atoms with Crippen molar-refractivity contribution in [3.8, 4) is 17.0 Å². The van der Waals surface area contributed by atoms with Crippen LogP contribution in [-0.2, 0) is 0 Å². The fraction of sp³-hybridized carbons (Fsp3) is 0.150. The van der Waals surface area contributed by atoms with Crippen molar-refractivity contribution in [2.45, 2.75) is 20.0 Å². The number of hydrogen-bond donors (Lipinski definition) is 2. The number of amides is 1. The molecule has 0 radical (unpaired) electrons. The minimum absolute atomic E-state index is 0.123. The van der Waals surface area contributed by atoms with Crippen LogP contribution in [0, 0.1) is 0 Å². The van der Waals surface area contributed by atoms with Gasteiger partial charge >= 0.3 is 0 Å². The van der Waals surface area contributed by atoms with Gasteiger partial charge in [-0.15, -0.1) is 0 Å². The van der Waals surface area contributed by atoms with Gasteiger partial charge in [0, 0.05) is 5.56 Å². The Morgan fingerprint density at radius 1 is 1.15 bits per heavy atom. The number of H-pyrrole nitrogens is 1. The summed E-state index contributed by atoms with van der Waals surface area (Å²) in [7, 11) is 0. The number of nitrogens with one attached hydrogen (secondary N) is 2. The molecule has 3 rings (SSSR count). The number of rotatable bonds is 6. The van der Waals surface area contributed by atoms with E-state index >= 15 is 0 Å². The van der Waals surface area contributed by atoms with Gasteiger partial charge in [0.15, 0.2) is 0 Å². The van der Waals surface area contributed by atoms with Crippen LogP contribution in [0.5, 0.6) is 5.75 Å². The lowest BCUT2D eigenvalue weighted by molar-refractivity contribution is 0.0950. The molecule has 6 heteroatoms. The Kier molecular flexibility index (Phi) is 5.43. The van der Waals surface area contributed by atoms with Crippen LogP contribution in [0.1, 0.15) is 29.9 Å². The predicted octanol–water partition coefficient (Wildman–Crippen LogP) is 3.63. The standard InChI is InChI=1S/C20H20N4O2/c1-14(2)26-17-10-8-16(9-11-17)18-12-19(23-22-18)20(25)24-21-13-15-6-4-3-5-7-15/h3-14H,1-2H3,(H,22,23)(H,24,25)/b21-13-. The molecule has 0 aliphatic carbocycles. The van der Waals surface area contributed by atoms with Crippen molar-refractivity contribution in [3.05, 3.63) is 71.9 Å². The van der Waals surface area contributed by atoms with Gasteiger partial charge in [-0.2, -0.15) is 10.2 Å². The highest BCUT2D eigenvalue weighted by atomic mass is 16.5. The zero-order valence-electron chi connectivity index (χ0n) is 14.6. The number of aromatic amines is 1. The molecule has 2 aromatic carbocycles. The van der Waals surface area contributed by atoms with E-state index in [4.69, 9.17) is 4.74 Å². The van der Waals surface area contributed by atoms with Crippen molar-refractivity contribution in [2.75, 3.05) is 0 Å². The SMILES string of the molecule is CC(C)Oc1ccc(-c2cc(C(=O)N/N=C\c3ccccc3)[nH]n2)cc1. The predicted molar refractivity (Wildman–Crippen MR) is 101 cm³/mol. The average molecular weight is 348 g/mol. The number of benzene rings is 2. The topological polar surface area (TPSA) is 79.4 Å². The van der Waals surface area contributed by atoms with Crippen molar-refractivity contribution in [2.24, 2.45) is 5.10 Å². The van der Waals surface area contributed by atoms with E-state index < -0.39 is 0 Å². The largest absolute Gasteiger partial charge is 0.491 e. The lowest BCUT2D eigenvalue weighted by Crippen LogP contribution is -2.17. The molecule has 6 nitrogen and oxygen atoms in total. The van der Waals surface area contributed by atoms with E-state index in [0.29, 0.717) is 11.4 Å². The molecule has 0 bridgehead atoms. The number of nitrogens with zero attached hydrogens (tertiary/aromatic N) is 2. The van der Waals surface area contributed by atoms with E-state index in [2.05, 4.69) is 20.7 Å². The molecule has 132 valence electrons. The zero-order chi connectivity index (χ0) is 18.4. The molecule has 1 amide bonds. The summed E-state index contributed by atoms with van der Waals surface area (Å²) < 4.78 is 5.62. The van der Waals surface area contributed by atoms with Gasteiger partial charge < -0.3 is 4.74 Å². The van der Waals surface area contributed by atoms with Crippen LogP contribution in [0.25, 0.3) is 11.3 Å². The van der Waals surface area contributed by atoms with Crippen molar-refractivity contribution < 1.29 is 9.53 Å². The first-order chi connectivity index (χ1) is 12.6. The second-order valence-electron chi connectivity index (χ2n) is 5.97. The van der Waals surface area contributed by atoms with Gasteiger partial charge in [-0.05, 0) is 49.7 Å². The quantitative estimate of drug-likeness (QED) is 0.527. The van der Waals surface area contributed by atoms with E-state index in [9.17, 15) is 4.79 Å². The van der Waals surface area contributed by atoms with Crippen LogP contribution in [0.15, 0.2) is 65.8 Å². The highest BCUT2D eigenvalue weighted by molar-refractivity contribution is 5.94. The molecular formula is C20H20N4O2. The Morgan fingerprint density at radius 2 is 1.88 bits per heavy atom. The maximum atomic E-state index is 12.1. The third-order valence-corrected chi connectivity index (χ3v) is 3.52. The van der Waals surface area contributed by atoms with Crippen molar-refractivity contribution in [1.82, 2.24) is 15.6 Å². The monoisotopic (exact) mass is 348 g/mol. The first-order valence-corrected chi connectivity index (χ1v) is 8.33. The Labute approximate surface area is 151 Å². The van der Waals surface area contributed by atoms with E-state index in [1.165, 1.54) is 0 Å². The molecule has 0 fully saturated rings. The van der Waals surface area contributed by atoms with Crippen LogP contribution in [0.3, 0.4) is 0 Å². The number of ether oxygens (including phenoxy) is 1. The molecule has 0 aliphatic heterocycles. The summed E-state index contributed by atoms with van der Waals surface area (Å²) in [6, 6.07) is 18.8. The van der Waals surface area contributed by atoms with E-state index in [-0.39, 0.29) is 12.0 Å². The number of hydrazone groups is 1. The zero-order valence-corrected chi connectivity index (χ0v) is 14.6. The number of hydrogen-bond acceptors (Lipinski definition) is 4. The lowest BCUT2D eigenvalue weighted by atomic mass is 10.1. The Hall–Kier alpha value is -3.41. The Bertz CT molecular complexity index is 884. The molecule has 0 unspecified atom stereocenters. The summed E-state index contributed by atoms with van der Waals surface area (Å²) in [4.78, 5) is 12.1. The molecule has 1 aromatic heterocycles. The molecule has 0 atom stereocenters. The van der Waals surface area contributed by atoms with Crippen LogP contribution in [-0.4, -0.2) is 28.4 Å². The Morgan fingerprint density at radius 3 is 2.58 bits per heavy atom. The lowest BCUT2D eigenvalue weighted by Gasteiger charge is -2.09. The number of carbonyl (C=O) groups excluding carboxylic acids is 1. The summed E-state index contributed by atoms with van der Waals surface area (Å²) >= 11 is 0. The second kappa shape index (κ2) is 8.11. The summed E-state index contributed by atoms with van der Waals surface area (Å²) in [5, 5.41) is 10.9. The fourth-order valence-electron chi connectivity index (χ4n) is 2.33. The minimum Gasteiger partial charge on any atom is -0.491 e. The molecule has 0 saturated heterocycles. The van der Waals surface area contributed by atoms with Gasteiger partial charge in [-0.1, -0.05) is 30.3 Å². The van der Waals surface area contributed by atoms with Crippen molar-refractivity contribution in [3.63, 3.8) is 0 Å².